The summed E-state index contributed by atoms with van der Waals surface area (Å²) in [6.07, 6.45) is 0. The van der Waals surface area contributed by atoms with Crippen LogP contribution in [-0.2, 0) is 16.6 Å². The Morgan fingerprint density at radius 2 is 1.95 bits per heavy atom. The van der Waals surface area contributed by atoms with E-state index < -0.39 is 10.0 Å². The Labute approximate surface area is 124 Å². The first kappa shape index (κ1) is 15.3. The lowest BCUT2D eigenvalue weighted by molar-refractivity contribution is 0.597. The summed E-state index contributed by atoms with van der Waals surface area (Å²) in [5.41, 5.74) is 9.02. The van der Waals surface area contributed by atoms with Crippen LogP contribution in [0.1, 0.15) is 17.0 Å². The molecule has 0 aliphatic heterocycles. The average molecular weight is 306 g/mol. The van der Waals surface area contributed by atoms with Crippen molar-refractivity contribution in [1.82, 2.24) is 4.98 Å². The molecule has 5 N–H and O–H groups in total. The van der Waals surface area contributed by atoms with Crippen molar-refractivity contribution in [2.45, 2.75) is 25.3 Å². The van der Waals surface area contributed by atoms with E-state index in [1.54, 1.807) is 13.0 Å². The van der Waals surface area contributed by atoms with Gasteiger partial charge in [0.1, 0.15) is 0 Å². The Bertz CT molecular complexity index is 773. The van der Waals surface area contributed by atoms with Crippen molar-refractivity contribution in [3.8, 4) is 0 Å². The van der Waals surface area contributed by atoms with Gasteiger partial charge in [0.15, 0.2) is 0 Å². The highest BCUT2D eigenvalue weighted by atomic mass is 32.2. The third kappa shape index (κ3) is 3.71. The summed E-state index contributed by atoms with van der Waals surface area (Å²) >= 11 is 0. The summed E-state index contributed by atoms with van der Waals surface area (Å²) in [7, 11) is -3.80. The van der Waals surface area contributed by atoms with Gasteiger partial charge in [0.05, 0.1) is 17.1 Å². The highest BCUT2D eigenvalue weighted by Gasteiger charge is 2.15. The molecule has 0 fully saturated rings. The predicted molar refractivity (Wildman–Crippen MR) is 83.3 cm³/mol. The zero-order valence-corrected chi connectivity index (χ0v) is 12.7. The fraction of sp³-hybridized carbons (Fsp3) is 0.214. The van der Waals surface area contributed by atoms with Crippen LogP contribution < -0.4 is 16.2 Å². The van der Waals surface area contributed by atoms with Gasteiger partial charge < -0.3 is 11.1 Å². The number of rotatable bonds is 4. The molecule has 6 nitrogen and oxygen atoms in total. The fourth-order valence-electron chi connectivity index (χ4n) is 2.07. The number of anilines is 2. The molecular weight excluding hydrogens is 288 g/mol. The number of nitrogens with one attached hydrogen (secondary N) is 1. The number of hydrogen-bond donors (Lipinski definition) is 3. The Balaban J connectivity index is 2.31. The minimum atomic E-state index is -3.80. The van der Waals surface area contributed by atoms with Crippen LogP contribution in [0.25, 0.3) is 0 Å². The van der Waals surface area contributed by atoms with Gasteiger partial charge >= 0.3 is 0 Å². The molecule has 2 rings (SSSR count). The van der Waals surface area contributed by atoms with Gasteiger partial charge in [0.25, 0.3) is 0 Å². The van der Waals surface area contributed by atoms with E-state index in [4.69, 9.17) is 10.9 Å². The molecule has 0 unspecified atom stereocenters. The predicted octanol–water partition coefficient (Wildman–Crippen LogP) is 1.54. The molecule has 7 heteroatoms. The number of benzene rings is 1. The summed E-state index contributed by atoms with van der Waals surface area (Å²) in [5, 5.41) is 8.35. The van der Waals surface area contributed by atoms with E-state index in [0.717, 1.165) is 11.4 Å². The van der Waals surface area contributed by atoms with Gasteiger partial charge in [-0.05, 0) is 43.7 Å². The molecule has 0 atom stereocenters. The van der Waals surface area contributed by atoms with Crippen molar-refractivity contribution in [3.05, 3.63) is 47.3 Å². The first-order chi connectivity index (χ1) is 9.77. The van der Waals surface area contributed by atoms with Crippen molar-refractivity contribution in [2.24, 2.45) is 5.14 Å². The number of nitrogens with zero attached hydrogens (tertiary/aromatic N) is 1. The number of sulfonamides is 1. The molecule has 0 saturated carbocycles. The Kier molecular flexibility index (Phi) is 4.15. The van der Waals surface area contributed by atoms with E-state index in [2.05, 4.69) is 10.3 Å². The zero-order valence-electron chi connectivity index (χ0n) is 11.9. The number of nitrogens with two attached hydrogens (primary N) is 2. The largest absolute Gasteiger partial charge is 0.399 e. The van der Waals surface area contributed by atoms with Crippen molar-refractivity contribution < 1.29 is 8.42 Å². The standard InChI is InChI=1S/C14H18N4O2S/c1-9-4-3-5-12(18-9)8-17-13-6-11(15)7-14(10(13)2)21(16,19)20/h3-7,17H,8,15H2,1-2H3,(H2,16,19,20). The molecule has 0 spiro atoms. The van der Waals surface area contributed by atoms with Crippen molar-refractivity contribution in [1.29, 1.82) is 0 Å². The van der Waals surface area contributed by atoms with Gasteiger partial charge in [-0.3, -0.25) is 4.98 Å². The third-order valence-corrected chi connectivity index (χ3v) is 4.13. The summed E-state index contributed by atoms with van der Waals surface area (Å²) < 4.78 is 23.1. The minimum absolute atomic E-state index is 0.0298. The SMILES string of the molecule is Cc1cccc(CNc2cc(N)cc(S(N)(=O)=O)c2C)n1. The van der Waals surface area contributed by atoms with E-state index in [-0.39, 0.29) is 4.90 Å². The van der Waals surface area contributed by atoms with Crippen LogP contribution in [0.4, 0.5) is 11.4 Å². The smallest absolute Gasteiger partial charge is 0.238 e. The van der Waals surface area contributed by atoms with Gasteiger partial charge in [0, 0.05) is 17.1 Å². The molecule has 0 saturated heterocycles. The van der Waals surface area contributed by atoms with Gasteiger partial charge in [-0.1, -0.05) is 6.07 Å². The highest BCUT2D eigenvalue weighted by Crippen LogP contribution is 2.26. The lowest BCUT2D eigenvalue weighted by Crippen LogP contribution is -2.15. The number of nitrogen functional groups attached to an aromatic ring is 1. The maximum atomic E-state index is 11.6. The van der Waals surface area contributed by atoms with E-state index >= 15 is 0 Å². The lowest BCUT2D eigenvalue weighted by Gasteiger charge is -2.13. The second kappa shape index (κ2) is 5.71. The molecule has 1 heterocycles. The first-order valence-electron chi connectivity index (χ1n) is 6.36. The third-order valence-electron chi connectivity index (χ3n) is 3.09. The van der Waals surface area contributed by atoms with Crippen LogP contribution in [0.5, 0.6) is 0 Å². The Hall–Kier alpha value is -2.12. The topological polar surface area (TPSA) is 111 Å². The van der Waals surface area contributed by atoms with Crippen LogP contribution >= 0.6 is 0 Å². The lowest BCUT2D eigenvalue weighted by atomic mass is 10.1. The molecule has 0 aliphatic carbocycles. The maximum Gasteiger partial charge on any atom is 0.238 e. The molecule has 0 amide bonds. The quantitative estimate of drug-likeness (QED) is 0.742. The fourth-order valence-corrected chi connectivity index (χ4v) is 2.91. The van der Waals surface area contributed by atoms with Crippen molar-refractivity contribution in [2.75, 3.05) is 11.1 Å². The number of primary sulfonamides is 1. The summed E-state index contributed by atoms with van der Waals surface area (Å²) in [5.74, 6) is 0. The molecule has 0 bridgehead atoms. The molecule has 1 aromatic heterocycles. The van der Waals surface area contributed by atoms with Gasteiger partial charge in [-0.25, -0.2) is 13.6 Å². The monoisotopic (exact) mass is 306 g/mol. The molecule has 1 aromatic carbocycles. The summed E-state index contributed by atoms with van der Waals surface area (Å²) in [6.45, 7) is 4.07. The van der Waals surface area contributed by atoms with E-state index in [1.807, 2.05) is 25.1 Å². The molecule has 0 aliphatic rings. The molecule has 21 heavy (non-hydrogen) atoms. The zero-order chi connectivity index (χ0) is 15.6. The van der Waals surface area contributed by atoms with Crippen molar-refractivity contribution >= 4 is 21.4 Å². The molecular formula is C14H18N4O2S. The average Bonchev–Trinajstić information content (AvgIpc) is 2.38. The molecule has 112 valence electrons. The van der Waals surface area contributed by atoms with Crippen molar-refractivity contribution in [3.63, 3.8) is 0 Å². The van der Waals surface area contributed by atoms with Crippen LogP contribution in [-0.4, -0.2) is 13.4 Å². The normalized spacial score (nSPS) is 11.4. The Morgan fingerprint density at radius 3 is 2.57 bits per heavy atom. The van der Waals surface area contributed by atoms with Crippen LogP contribution in [0, 0.1) is 13.8 Å². The van der Waals surface area contributed by atoms with Crippen LogP contribution in [0.15, 0.2) is 35.2 Å². The second-order valence-corrected chi connectivity index (χ2v) is 6.39. The van der Waals surface area contributed by atoms with Gasteiger partial charge in [-0.15, -0.1) is 0 Å². The van der Waals surface area contributed by atoms with Gasteiger partial charge in [-0.2, -0.15) is 0 Å². The molecule has 0 radical (unpaired) electrons. The van der Waals surface area contributed by atoms with E-state index in [0.29, 0.717) is 23.5 Å². The van der Waals surface area contributed by atoms with E-state index in [1.165, 1.54) is 6.07 Å². The number of aryl methyl sites for hydroxylation is 1. The van der Waals surface area contributed by atoms with Crippen LogP contribution in [0.2, 0.25) is 0 Å². The summed E-state index contributed by atoms with van der Waals surface area (Å²) in [4.78, 5) is 4.40. The minimum Gasteiger partial charge on any atom is -0.399 e. The number of hydrogen-bond acceptors (Lipinski definition) is 5. The second-order valence-electron chi connectivity index (χ2n) is 4.86. The first-order valence-corrected chi connectivity index (χ1v) is 7.91. The number of pyridine rings is 1. The maximum absolute atomic E-state index is 11.6. The molecule has 2 aromatic rings. The van der Waals surface area contributed by atoms with Gasteiger partial charge in [0.2, 0.25) is 10.0 Å². The van der Waals surface area contributed by atoms with Crippen LogP contribution in [0.3, 0.4) is 0 Å². The number of aromatic nitrogens is 1. The summed E-state index contributed by atoms with van der Waals surface area (Å²) in [6, 6.07) is 8.76. The van der Waals surface area contributed by atoms with E-state index in [9.17, 15) is 8.42 Å². The highest BCUT2D eigenvalue weighted by molar-refractivity contribution is 7.89. The Morgan fingerprint density at radius 1 is 1.24 bits per heavy atom.